The van der Waals surface area contributed by atoms with Crippen molar-refractivity contribution in [2.75, 3.05) is 23.4 Å². The molecule has 3 aromatic carbocycles. The van der Waals surface area contributed by atoms with Crippen molar-refractivity contribution in [3.63, 3.8) is 0 Å². The second-order valence-electron chi connectivity index (χ2n) is 9.44. The predicted octanol–water partition coefficient (Wildman–Crippen LogP) is 6.01. The van der Waals surface area contributed by atoms with Gasteiger partial charge in [0.2, 0.25) is 11.8 Å². The molecule has 1 aliphatic rings. The molecule has 0 spiro atoms. The van der Waals surface area contributed by atoms with Crippen molar-refractivity contribution in [2.45, 2.75) is 39.5 Å². The van der Waals surface area contributed by atoms with Crippen LogP contribution in [0.2, 0.25) is 0 Å². The number of rotatable bonds is 7. The minimum Gasteiger partial charge on any atom is -0.490 e. The van der Waals surface area contributed by atoms with Crippen LogP contribution in [-0.2, 0) is 9.59 Å². The molecule has 0 saturated carbocycles. The first-order chi connectivity index (χ1) is 16.4. The van der Waals surface area contributed by atoms with Gasteiger partial charge in [-0.3, -0.25) is 9.59 Å². The molecule has 34 heavy (non-hydrogen) atoms. The van der Waals surface area contributed by atoms with Crippen LogP contribution in [-0.4, -0.2) is 25.0 Å². The third-order valence-corrected chi connectivity index (χ3v) is 6.19. The normalized spacial score (nSPS) is 14.8. The highest BCUT2D eigenvalue weighted by Gasteiger charge is 2.37. The minimum absolute atomic E-state index is 0.0436. The van der Waals surface area contributed by atoms with Crippen LogP contribution < -0.4 is 15.0 Å². The van der Waals surface area contributed by atoms with Crippen LogP contribution in [0.4, 0.5) is 11.4 Å². The molecule has 176 valence electrons. The van der Waals surface area contributed by atoms with Crippen molar-refractivity contribution in [3.8, 4) is 5.75 Å². The molecule has 5 nitrogen and oxygen atoms in total. The molecular formula is C29H32N2O3. The van der Waals surface area contributed by atoms with Gasteiger partial charge in [-0.05, 0) is 43.5 Å². The quantitative estimate of drug-likeness (QED) is 0.474. The number of hydrogen-bond acceptors (Lipinski definition) is 3. The lowest BCUT2D eigenvalue weighted by atomic mass is 9.88. The van der Waals surface area contributed by atoms with Gasteiger partial charge in [0.05, 0.1) is 11.1 Å². The average molecular weight is 457 g/mol. The molecular weight excluding hydrogens is 424 g/mol. The number of carbonyl (C=O) groups excluding carboxylic acids is 2. The van der Waals surface area contributed by atoms with E-state index in [4.69, 9.17) is 4.74 Å². The number of carbonyl (C=O) groups is 2. The fraction of sp³-hybridized carbons (Fsp3) is 0.310. The van der Waals surface area contributed by atoms with Crippen molar-refractivity contribution in [1.82, 2.24) is 0 Å². The topological polar surface area (TPSA) is 58.6 Å². The standard InChI is InChI=1S/C29H32N2O3/c1-4-17-31-25-16-15-23(18-26(25)34-20-29(2,3)28(31)33)30-27(32)19-24(21-11-7-5-8-12-21)22-13-9-6-10-14-22/h5-16,18,24H,4,17,19-20H2,1-3H3,(H,30,32). The fourth-order valence-corrected chi connectivity index (χ4v) is 4.37. The molecule has 1 N–H and O–H groups in total. The number of anilines is 2. The van der Waals surface area contributed by atoms with Gasteiger partial charge in [0.15, 0.2) is 0 Å². The van der Waals surface area contributed by atoms with E-state index in [0.29, 0.717) is 31.0 Å². The summed E-state index contributed by atoms with van der Waals surface area (Å²) in [7, 11) is 0. The van der Waals surface area contributed by atoms with Gasteiger partial charge in [-0.15, -0.1) is 0 Å². The van der Waals surface area contributed by atoms with E-state index in [1.54, 1.807) is 4.90 Å². The number of ether oxygens (including phenoxy) is 1. The average Bonchev–Trinajstić information content (AvgIpc) is 2.94. The molecule has 0 unspecified atom stereocenters. The number of fused-ring (bicyclic) bond motifs is 1. The molecule has 2 amide bonds. The summed E-state index contributed by atoms with van der Waals surface area (Å²) in [6, 6.07) is 25.7. The Balaban J connectivity index is 1.55. The van der Waals surface area contributed by atoms with E-state index in [-0.39, 0.29) is 17.7 Å². The summed E-state index contributed by atoms with van der Waals surface area (Å²) in [5, 5.41) is 3.04. The molecule has 1 heterocycles. The van der Waals surface area contributed by atoms with E-state index in [9.17, 15) is 9.59 Å². The lowest BCUT2D eigenvalue weighted by molar-refractivity contribution is -0.127. The van der Waals surface area contributed by atoms with Crippen molar-refractivity contribution in [2.24, 2.45) is 5.41 Å². The molecule has 1 aliphatic heterocycles. The summed E-state index contributed by atoms with van der Waals surface area (Å²) >= 11 is 0. The SMILES string of the molecule is CCCN1C(=O)C(C)(C)COc2cc(NC(=O)CC(c3ccccc3)c3ccccc3)ccc21. The Morgan fingerprint density at radius 1 is 1.00 bits per heavy atom. The molecule has 0 fully saturated rings. The molecule has 4 rings (SSSR count). The number of hydrogen-bond donors (Lipinski definition) is 1. The van der Waals surface area contributed by atoms with E-state index >= 15 is 0 Å². The largest absolute Gasteiger partial charge is 0.490 e. The Kier molecular flexibility index (Phi) is 7.01. The van der Waals surface area contributed by atoms with Crippen LogP contribution in [0.15, 0.2) is 78.9 Å². The van der Waals surface area contributed by atoms with Gasteiger partial charge in [0.1, 0.15) is 12.4 Å². The zero-order valence-corrected chi connectivity index (χ0v) is 20.1. The molecule has 0 radical (unpaired) electrons. The van der Waals surface area contributed by atoms with Crippen LogP contribution in [0.1, 0.15) is 50.7 Å². The molecule has 0 aromatic heterocycles. The van der Waals surface area contributed by atoms with Crippen molar-refractivity contribution >= 4 is 23.2 Å². The minimum atomic E-state index is -0.615. The maximum atomic E-state index is 13.1. The Morgan fingerprint density at radius 2 is 1.62 bits per heavy atom. The zero-order chi connectivity index (χ0) is 24.1. The molecule has 0 atom stereocenters. The summed E-state index contributed by atoms with van der Waals surface area (Å²) in [5.74, 6) is 0.553. The lowest BCUT2D eigenvalue weighted by Gasteiger charge is -2.27. The summed E-state index contributed by atoms with van der Waals surface area (Å²) in [6.07, 6.45) is 1.17. The van der Waals surface area contributed by atoms with E-state index in [2.05, 4.69) is 36.5 Å². The first-order valence-electron chi connectivity index (χ1n) is 11.9. The summed E-state index contributed by atoms with van der Waals surface area (Å²) in [6.45, 7) is 6.77. The monoisotopic (exact) mass is 456 g/mol. The summed E-state index contributed by atoms with van der Waals surface area (Å²) in [4.78, 5) is 28.0. The Morgan fingerprint density at radius 3 is 2.21 bits per heavy atom. The van der Waals surface area contributed by atoms with Gasteiger partial charge < -0.3 is 15.0 Å². The molecule has 0 aliphatic carbocycles. The third kappa shape index (κ3) is 5.14. The Bertz CT molecular complexity index is 1100. The smallest absolute Gasteiger partial charge is 0.236 e. The van der Waals surface area contributed by atoms with Crippen LogP contribution in [0.25, 0.3) is 0 Å². The van der Waals surface area contributed by atoms with Crippen molar-refractivity contribution in [1.29, 1.82) is 0 Å². The molecule has 5 heteroatoms. The maximum Gasteiger partial charge on any atom is 0.236 e. The number of nitrogens with zero attached hydrogens (tertiary/aromatic N) is 1. The Hall–Kier alpha value is -3.60. The van der Waals surface area contributed by atoms with Crippen LogP contribution in [0.5, 0.6) is 5.75 Å². The van der Waals surface area contributed by atoms with E-state index in [1.807, 2.05) is 68.4 Å². The lowest BCUT2D eigenvalue weighted by Crippen LogP contribution is -2.42. The first-order valence-corrected chi connectivity index (χ1v) is 11.9. The van der Waals surface area contributed by atoms with Gasteiger partial charge in [-0.1, -0.05) is 67.6 Å². The van der Waals surface area contributed by atoms with Crippen molar-refractivity contribution in [3.05, 3.63) is 90.0 Å². The summed E-state index contributed by atoms with van der Waals surface area (Å²) in [5.41, 5.74) is 3.00. The van der Waals surface area contributed by atoms with E-state index in [1.165, 1.54) is 0 Å². The highest BCUT2D eigenvalue weighted by molar-refractivity contribution is 6.00. The van der Waals surface area contributed by atoms with Crippen molar-refractivity contribution < 1.29 is 14.3 Å². The second-order valence-corrected chi connectivity index (χ2v) is 9.44. The molecule has 0 saturated heterocycles. The van der Waals surface area contributed by atoms with E-state index < -0.39 is 5.41 Å². The highest BCUT2D eigenvalue weighted by Crippen LogP contribution is 2.38. The Labute approximate surface area is 201 Å². The van der Waals surface area contributed by atoms with Crippen LogP contribution >= 0.6 is 0 Å². The van der Waals surface area contributed by atoms with Gasteiger partial charge in [0, 0.05) is 30.6 Å². The number of nitrogens with one attached hydrogen (secondary N) is 1. The second kappa shape index (κ2) is 10.1. The highest BCUT2D eigenvalue weighted by atomic mass is 16.5. The van der Waals surface area contributed by atoms with Gasteiger partial charge in [0.25, 0.3) is 0 Å². The zero-order valence-electron chi connectivity index (χ0n) is 20.1. The van der Waals surface area contributed by atoms with Gasteiger partial charge in [-0.2, -0.15) is 0 Å². The predicted molar refractivity (Wildman–Crippen MR) is 136 cm³/mol. The molecule has 3 aromatic rings. The number of amides is 2. The third-order valence-electron chi connectivity index (χ3n) is 6.19. The summed E-state index contributed by atoms with van der Waals surface area (Å²) < 4.78 is 6.04. The molecule has 0 bridgehead atoms. The van der Waals surface area contributed by atoms with Crippen LogP contribution in [0.3, 0.4) is 0 Å². The van der Waals surface area contributed by atoms with Gasteiger partial charge >= 0.3 is 0 Å². The maximum absolute atomic E-state index is 13.1. The fourth-order valence-electron chi connectivity index (χ4n) is 4.37. The first kappa shape index (κ1) is 23.6. The number of benzene rings is 3. The van der Waals surface area contributed by atoms with E-state index in [0.717, 1.165) is 23.2 Å². The van der Waals surface area contributed by atoms with Crippen LogP contribution in [0, 0.1) is 5.41 Å². The van der Waals surface area contributed by atoms with Gasteiger partial charge in [-0.25, -0.2) is 0 Å².